The van der Waals surface area contributed by atoms with Gasteiger partial charge in [0.25, 0.3) is 0 Å². The molecule has 0 radical (unpaired) electrons. The quantitative estimate of drug-likeness (QED) is 0.820. The highest BCUT2D eigenvalue weighted by atomic mass is 32.2. The van der Waals surface area contributed by atoms with Crippen molar-refractivity contribution in [3.8, 4) is 0 Å². The molecule has 2 fully saturated rings. The fourth-order valence-corrected chi connectivity index (χ4v) is 4.00. The summed E-state index contributed by atoms with van der Waals surface area (Å²) in [5, 5.41) is 7.59. The third-order valence-electron chi connectivity index (χ3n) is 3.97. The smallest absolute Gasteiger partial charge is 0.221 e. The first kappa shape index (κ1) is 15.7. The second-order valence-electron chi connectivity index (χ2n) is 6.39. The van der Waals surface area contributed by atoms with E-state index >= 15 is 0 Å². The highest BCUT2D eigenvalue weighted by molar-refractivity contribution is 8.14. The lowest BCUT2D eigenvalue weighted by Gasteiger charge is -2.32. The van der Waals surface area contributed by atoms with Crippen molar-refractivity contribution < 1.29 is 4.79 Å². The Balaban J connectivity index is 1.69. The van der Waals surface area contributed by atoms with Crippen LogP contribution in [-0.2, 0) is 4.79 Å². The first-order valence-corrected chi connectivity index (χ1v) is 8.80. The Morgan fingerprint density at radius 2 is 2.15 bits per heavy atom. The zero-order valence-electron chi connectivity index (χ0n) is 12.7. The minimum Gasteiger partial charge on any atom is -0.359 e. The lowest BCUT2D eigenvalue weighted by Crippen LogP contribution is -2.45. The van der Waals surface area contributed by atoms with Gasteiger partial charge >= 0.3 is 0 Å². The molecule has 1 spiro atoms. The molecule has 0 atom stereocenters. The summed E-state index contributed by atoms with van der Waals surface area (Å²) in [5.74, 6) is 1.76. The molecule has 0 aromatic rings. The number of rotatable bonds is 5. The molecule has 0 bridgehead atoms. The molecule has 1 heterocycles. The van der Waals surface area contributed by atoms with Gasteiger partial charge in [-0.25, -0.2) is 0 Å². The molecule has 114 valence electrons. The Bertz CT molecular complexity index is 362. The second-order valence-corrected chi connectivity index (χ2v) is 7.35. The average Bonchev–Trinajstić information content (AvgIpc) is 2.80. The van der Waals surface area contributed by atoms with Crippen LogP contribution in [-0.4, -0.2) is 35.5 Å². The summed E-state index contributed by atoms with van der Waals surface area (Å²) in [6.45, 7) is 5.55. The number of amidine groups is 1. The van der Waals surface area contributed by atoms with E-state index in [2.05, 4.69) is 29.5 Å². The summed E-state index contributed by atoms with van der Waals surface area (Å²) in [6, 6.07) is 0. The van der Waals surface area contributed by atoms with Gasteiger partial charge < -0.3 is 10.6 Å². The first-order valence-electron chi connectivity index (χ1n) is 7.82. The van der Waals surface area contributed by atoms with Gasteiger partial charge in [-0.2, -0.15) is 0 Å². The molecule has 0 unspecified atom stereocenters. The Hall–Kier alpha value is -0.710. The van der Waals surface area contributed by atoms with E-state index in [1.54, 1.807) is 0 Å². The van der Waals surface area contributed by atoms with E-state index in [1.807, 2.05) is 11.8 Å². The Morgan fingerprint density at radius 3 is 2.85 bits per heavy atom. The van der Waals surface area contributed by atoms with Crippen LogP contribution in [0.3, 0.4) is 0 Å². The Kier molecular flexibility index (Phi) is 5.75. The Morgan fingerprint density at radius 1 is 1.40 bits per heavy atom. The predicted molar refractivity (Wildman–Crippen MR) is 86.2 cm³/mol. The van der Waals surface area contributed by atoms with Gasteiger partial charge in [0.2, 0.25) is 5.91 Å². The van der Waals surface area contributed by atoms with Crippen LogP contribution in [0.5, 0.6) is 0 Å². The molecule has 1 aliphatic heterocycles. The third kappa shape index (κ3) is 4.69. The molecular formula is C15H27N3OS. The van der Waals surface area contributed by atoms with Crippen LogP contribution < -0.4 is 10.6 Å². The van der Waals surface area contributed by atoms with E-state index in [-0.39, 0.29) is 5.91 Å². The second kappa shape index (κ2) is 7.34. The SMILES string of the molecule is CC(C)CNC(=O)CCN=C1NC2(CCCCC2)CS1. The standard InChI is InChI=1S/C15H27N3OS/c1-12(2)10-17-13(19)6-9-16-14-18-15(11-20-14)7-4-3-5-8-15/h12H,3-11H2,1-2H3,(H,16,18)(H,17,19). The minimum absolute atomic E-state index is 0.110. The van der Waals surface area contributed by atoms with Gasteiger partial charge in [-0.3, -0.25) is 9.79 Å². The summed E-state index contributed by atoms with van der Waals surface area (Å²) in [7, 11) is 0. The third-order valence-corrected chi connectivity index (χ3v) is 5.17. The van der Waals surface area contributed by atoms with Crippen LogP contribution in [0.4, 0.5) is 0 Å². The molecule has 2 rings (SSSR count). The van der Waals surface area contributed by atoms with Crippen molar-refractivity contribution in [3.63, 3.8) is 0 Å². The van der Waals surface area contributed by atoms with Gasteiger partial charge in [-0.05, 0) is 18.8 Å². The lowest BCUT2D eigenvalue weighted by atomic mass is 9.83. The summed E-state index contributed by atoms with van der Waals surface area (Å²) in [6.07, 6.45) is 7.07. The topological polar surface area (TPSA) is 53.5 Å². The molecule has 1 saturated heterocycles. The molecule has 1 aliphatic carbocycles. The van der Waals surface area contributed by atoms with E-state index in [0.717, 1.165) is 17.5 Å². The number of hydrogen-bond acceptors (Lipinski definition) is 3. The van der Waals surface area contributed by atoms with Crippen molar-refractivity contribution >= 4 is 22.8 Å². The highest BCUT2D eigenvalue weighted by Gasteiger charge is 2.37. The van der Waals surface area contributed by atoms with Crippen LogP contribution >= 0.6 is 11.8 Å². The van der Waals surface area contributed by atoms with E-state index in [0.29, 0.717) is 24.4 Å². The van der Waals surface area contributed by atoms with Gasteiger partial charge in [0.15, 0.2) is 5.17 Å². The van der Waals surface area contributed by atoms with Crippen molar-refractivity contribution in [1.29, 1.82) is 0 Å². The van der Waals surface area contributed by atoms with E-state index in [4.69, 9.17) is 0 Å². The average molecular weight is 297 g/mol. The minimum atomic E-state index is 0.110. The van der Waals surface area contributed by atoms with E-state index in [9.17, 15) is 4.79 Å². The molecule has 2 N–H and O–H groups in total. The fourth-order valence-electron chi connectivity index (χ4n) is 2.75. The number of thioether (sulfide) groups is 1. The number of carbonyl (C=O) groups is 1. The van der Waals surface area contributed by atoms with E-state index < -0.39 is 0 Å². The molecule has 1 amide bonds. The summed E-state index contributed by atoms with van der Waals surface area (Å²) in [4.78, 5) is 16.2. The van der Waals surface area contributed by atoms with Gasteiger partial charge in [-0.1, -0.05) is 44.9 Å². The maximum absolute atomic E-state index is 11.6. The van der Waals surface area contributed by atoms with Crippen LogP contribution in [0, 0.1) is 5.92 Å². The van der Waals surface area contributed by atoms with Crippen molar-refractivity contribution in [2.75, 3.05) is 18.8 Å². The van der Waals surface area contributed by atoms with Crippen LogP contribution in [0.2, 0.25) is 0 Å². The number of nitrogens with zero attached hydrogens (tertiary/aromatic N) is 1. The summed E-state index contributed by atoms with van der Waals surface area (Å²) < 4.78 is 0. The zero-order valence-corrected chi connectivity index (χ0v) is 13.5. The molecule has 0 aromatic carbocycles. The van der Waals surface area contributed by atoms with Gasteiger partial charge in [0.05, 0.1) is 6.54 Å². The maximum Gasteiger partial charge on any atom is 0.221 e. The Labute approximate surface area is 126 Å². The summed E-state index contributed by atoms with van der Waals surface area (Å²) >= 11 is 1.82. The molecule has 1 saturated carbocycles. The van der Waals surface area contributed by atoms with Crippen molar-refractivity contribution in [3.05, 3.63) is 0 Å². The lowest BCUT2D eigenvalue weighted by molar-refractivity contribution is -0.121. The molecule has 5 heteroatoms. The molecule has 4 nitrogen and oxygen atoms in total. The molecular weight excluding hydrogens is 270 g/mol. The van der Waals surface area contributed by atoms with Gasteiger partial charge in [-0.15, -0.1) is 0 Å². The molecule has 0 aromatic heterocycles. The van der Waals surface area contributed by atoms with Crippen molar-refractivity contribution in [1.82, 2.24) is 10.6 Å². The maximum atomic E-state index is 11.6. The highest BCUT2D eigenvalue weighted by Crippen LogP contribution is 2.36. The first-order chi connectivity index (χ1) is 9.60. The molecule has 20 heavy (non-hydrogen) atoms. The number of amides is 1. The molecule has 2 aliphatic rings. The van der Waals surface area contributed by atoms with Crippen molar-refractivity contribution in [2.45, 2.75) is 57.9 Å². The van der Waals surface area contributed by atoms with E-state index in [1.165, 1.54) is 32.1 Å². The number of nitrogens with one attached hydrogen (secondary N) is 2. The number of hydrogen-bond donors (Lipinski definition) is 2. The number of aliphatic imine (C=N–C) groups is 1. The number of carbonyl (C=O) groups excluding carboxylic acids is 1. The van der Waals surface area contributed by atoms with Crippen molar-refractivity contribution in [2.24, 2.45) is 10.9 Å². The van der Waals surface area contributed by atoms with Crippen LogP contribution in [0.25, 0.3) is 0 Å². The predicted octanol–water partition coefficient (Wildman–Crippen LogP) is 2.54. The monoisotopic (exact) mass is 297 g/mol. The van der Waals surface area contributed by atoms with Gasteiger partial charge in [0, 0.05) is 24.3 Å². The van der Waals surface area contributed by atoms with Crippen LogP contribution in [0.1, 0.15) is 52.4 Å². The zero-order chi connectivity index (χ0) is 14.4. The summed E-state index contributed by atoms with van der Waals surface area (Å²) in [5.41, 5.74) is 0.307. The van der Waals surface area contributed by atoms with Gasteiger partial charge in [0.1, 0.15) is 0 Å². The fraction of sp³-hybridized carbons (Fsp3) is 0.867. The normalized spacial score (nSPS) is 23.2. The largest absolute Gasteiger partial charge is 0.359 e. The van der Waals surface area contributed by atoms with Crippen LogP contribution in [0.15, 0.2) is 4.99 Å².